The minimum absolute atomic E-state index is 0.00474. The number of amides is 1. The minimum Gasteiger partial charge on any atom is -0.497 e. The van der Waals surface area contributed by atoms with Crippen LogP contribution in [0.2, 0.25) is 0 Å². The Morgan fingerprint density at radius 1 is 1.08 bits per heavy atom. The van der Waals surface area contributed by atoms with Crippen molar-refractivity contribution < 1.29 is 27.4 Å². The van der Waals surface area contributed by atoms with Crippen LogP contribution in [0.1, 0.15) is 29.5 Å². The summed E-state index contributed by atoms with van der Waals surface area (Å²) in [6.07, 6.45) is -3.04. The monoisotopic (exact) mass is 502 g/mol. The maximum Gasteiger partial charge on any atom is 0.418 e. The van der Waals surface area contributed by atoms with Crippen molar-refractivity contribution >= 4 is 11.6 Å². The van der Waals surface area contributed by atoms with E-state index in [1.165, 1.54) is 26.4 Å². The molecule has 1 aromatic heterocycles. The van der Waals surface area contributed by atoms with Gasteiger partial charge in [0.2, 0.25) is 5.91 Å². The Balaban J connectivity index is 1.93. The lowest BCUT2D eigenvalue weighted by Crippen LogP contribution is -2.28. The summed E-state index contributed by atoms with van der Waals surface area (Å²) in [7, 11) is 2.98. The van der Waals surface area contributed by atoms with Crippen LogP contribution in [0.15, 0.2) is 41.2 Å². The van der Waals surface area contributed by atoms with Gasteiger partial charge in [0.15, 0.2) is 0 Å². The van der Waals surface area contributed by atoms with E-state index < -0.39 is 28.9 Å². The van der Waals surface area contributed by atoms with Gasteiger partial charge < -0.3 is 20.5 Å². The number of nitrogens with two attached hydrogens (primary N) is 1. The third-order valence-electron chi connectivity index (χ3n) is 6.01. The fraction of sp³-hybridized carbons (Fsp3) is 0.320. The number of nitrogens with one attached hydrogen (secondary N) is 1. The molecule has 1 aliphatic carbocycles. The highest BCUT2D eigenvalue weighted by atomic mass is 19.4. The SMILES string of the molecule is COc1cc(OC)cc(-c2nn(-c3cc(NCCC(N)=O)ccc3C(F)(F)F)c(=O)c3c2CCC3)c1. The van der Waals surface area contributed by atoms with Gasteiger partial charge in [-0.05, 0) is 55.2 Å². The second kappa shape index (κ2) is 9.92. The largest absolute Gasteiger partial charge is 0.497 e. The molecule has 0 spiro atoms. The van der Waals surface area contributed by atoms with Crippen molar-refractivity contribution in [1.29, 1.82) is 0 Å². The van der Waals surface area contributed by atoms with Crippen LogP contribution in [0, 0.1) is 0 Å². The van der Waals surface area contributed by atoms with Crippen LogP contribution in [0.5, 0.6) is 11.5 Å². The van der Waals surface area contributed by atoms with E-state index in [2.05, 4.69) is 10.4 Å². The summed E-state index contributed by atoms with van der Waals surface area (Å²) in [6.45, 7) is 0.126. The highest BCUT2D eigenvalue weighted by Crippen LogP contribution is 2.37. The Hall–Kier alpha value is -4.02. The maximum absolute atomic E-state index is 14.0. The molecule has 1 heterocycles. The molecule has 0 fully saturated rings. The van der Waals surface area contributed by atoms with Gasteiger partial charge in [0.25, 0.3) is 5.56 Å². The predicted octanol–water partition coefficient (Wildman–Crippen LogP) is 3.71. The van der Waals surface area contributed by atoms with Gasteiger partial charge in [-0.15, -0.1) is 0 Å². The van der Waals surface area contributed by atoms with Gasteiger partial charge in [-0.25, -0.2) is 0 Å². The molecule has 0 aliphatic heterocycles. The number of carbonyl (C=O) groups excluding carboxylic acids is 1. The molecule has 190 valence electrons. The van der Waals surface area contributed by atoms with E-state index >= 15 is 0 Å². The first kappa shape index (κ1) is 25.1. The third-order valence-corrected chi connectivity index (χ3v) is 6.01. The average Bonchev–Trinajstić information content (AvgIpc) is 3.33. The first-order valence-electron chi connectivity index (χ1n) is 11.2. The number of halogens is 3. The Morgan fingerprint density at radius 3 is 2.36 bits per heavy atom. The van der Waals surface area contributed by atoms with Crippen LogP contribution in [0.25, 0.3) is 16.9 Å². The number of carbonyl (C=O) groups is 1. The standard InChI is InChI=1S/C25H25F3N4O4/c1-35-16-10-14(11-17(13-16)36-2)23-18-4-3-5-19(18)24(34)32(31-23)21-12-15(30-9-8-22(29)33)6-7-20(21)25(26,27)28/h6-7,10-13,30H,3-5,8-9H2,1-2H3,(H2,29,33). The van der Waals surface area contributed by atoms with Gasteiger partial charge in [0.1, 0.15) is 11.5 Å². The second-order valence-electron chi connectivity index (χ2n) is 8.35. The topological polar surface area (TPSA) is 108 Å². The lowest BCUT2D eigenvalue weighted by Gasteiger charge is -2.18. The van der Waals surface area contributed by atoms with Crippen molar-refractivity contribution in [3.8, 4) is 28.4 Å². The molecule has 1 aliphatic rings. The molecule has 3 N–H and O–H groups in total. The summed E-state index contributed by atoms with van der Waals surface area (Å²) in [5.41, 5.74) is 5.50. The predicted molar refractivity (Wildman–Crippen MR) is 128 cm³/mol. The zero-order valence-corrected chi connectivity index (χ0v) is 19.7. The molecule has 11 heteroatoms. The van der Waals surface area contributed by atoms with E-state index in [1.54, 1.807) is 18.2 Å². The van der Waals surface area contributed by atoms with E-state index in [-0.39, 0.29) is 18.7 Å². The number of fused-ring (bicyclic) bond motifs is 1. The quantitative estimate of drug-likeness (QED) is 0.486. The molecular weight excluding hydrogens is 477 g/mol. The summed E-state index contributed by atoms with van der Waals surface area (Å²) in [5, 5.41) is 7.32. The molecule has 1 amide bonds. The molecular formula is C25H25F3N4O4. The van der Waals surface area contributed by atoms with Gasteiger partial charge in [-0.3, -0.25) is 9.59 Å². The highest BCUT2D eigenvalue weighted by Gasteiger charge is 2.35. The fourth-order valence-corrected chi connectivity index (χ4v) is 4.30. The Labute approximate surface area is 204 Å². The molecule has 4 rings (SSSR count). The molecule has 36 heavy (non-hydrogen) atoms. The zero-order chi connectivity index (χ0) is 26.0. The van der Waals surface area contributed by atoms with Crippen LogP contribution in [-0.4, -0.2) is 36.5 Å². The molecule has 8 nitrogen and oxygen atoms in total. The molecule has 0 saturated carbocycles. The van der Waals surface area contributed by atoms with Crippen LogP contribution in [-0.2, 0) is 23.8 Å². The van der Waals surface area contributed by atoms with Crippen LogP contribution < -0.4 is 26.1 Å². The molecule has 0 bridgehead atoms. The van der Waals surface area contributed by atoms with E-state index in [0.29, 0.717) is 53.1 Å². The highest BCUT2D eigenvalue weighted by molar-refractivity contribution is 5.74. The number of nitrogens with zero attached hydrogens (tertiary/aromatic N) is 2. The molecule has 3 aromatic rings. The number of alkyl halides is 3. The number of anilines is 1. The van der Waals surface area contributed by atoms with Crippen molar-refractivity contribution in [1.82, 2.24) is 9.78 Å². The summed E-state index contributed by atoms with van der Waals surface area (Å²) >= 11 is 0. The van der Waals surface area contributed by atoms with Gasteiger partial charge in [0, 0.05) is 35.8 Å². The summed E-state index contributed by atoms with van der Waals surface area (Å²) in [4.78, 5) is 24.4. The average molecular weight is 502 g/mol. The van der Waals surface area contributed by atoms with Crippen molar-refractivity contribution in [2.45, 2.75) is 31.9 Å². The third kappa shape index (κ3) is 5.00. The first-order valence-corrected chi connectivity index (χ1v) is 11.2. The van der Waals surface area contributed by atoms with Crippen molar-refractivity contribution in [2.75, 3.05) is 26.1 Å². The number of primary amides is 1. The van der Waals surface area contributed by atoms with Crippen molar-refractivity contribution in [2.24, 2.45) is 5.73 Å². The van der Waals surface area contributed by atoms with Gasteiger partial charge >= 0.3 is 6.18 Å². The second-order valence-corrected chi connectivity index (χ2v) is 8.35. The smallest absolute Gasteiger partial charge is 0.418 e. The van der Waals surface area contributed by atoms with Gasteiger partial charge in [-0.1, -0.05) is 0 Å². The molecule has 0 radical (unpaired) electrons. The lowest BCUT2D eigenvalue weighted by molar-refractivity contribution is -0.137. The van der Waals surface area contributed by atoms with Gasteiger partial charge in [-0.2, -0.15) is 23.0 Å². The zero-order valence-electron chi connectivity index (χ0n) is 19.7. The van der Waals surface area contributed by atoms with E-state index in [0.717, 1.165) is 10.7 Å². The number of ether oxygens (including phenoxy) is 2. The first-order chi connectivity index (χ1) is 17.1. The van der Waals surface area contributed by atoms with E-state index in [4.69, 9.17) is 15.2 Å². The number of hydrogen-bond acceptors (Lipinski definition) is 6. The van der Waals surface area contributed by atoms with Crippen molar-refractivity contribution in [3.63, 3.8) is 0 Å². The number of aromatic nitrogens is 2. The lowest BCUT2D eigenvalue weighted by atomic mass is 10.0. The van der Waals surface area contributed by atoms with Crippen LogP contribution in [0.4, 0.5) is 18.9 Å². The van der Waals surface area contributed by atoms with Crippen LogP contribution in [0.3, 0.4) is 0 Å². The maximum atomic E-state index is 14.0. The number of rotatable bonds is 8. The van der Waals surface area contributed by atoms with Crippen LogP contribution >= 0.6 is 0 Å². The minimum atomic E-state index is -4.74. The van der Waals surface area contributed by atoms with E-state index in [1.807, 2.05) is 0 Å². The van der Waals surface area contributed by atoms with Crippen molar-refractivity contribution in [3.05, 3.63) is 63.4 Å². The molecule has 0 atom stereocenters. The molecule has 0 saturated heterocycles. The van der Waals surface area contributed by atoms with E-state index in [9.17, 15) is 22.8 Å². The Kier molecular flexibility index (Phi) is 6.91. The molecule has 2 aromatic carbocycles. The number of methoxy groups -OCH3 is 2. The molecule has 0 unspecified atom stereocenters. The Bertz CT molecular complexity index is 1350. The summed E-state index contributed by atoms with van der Waals surface area (Å²) in [6, 6.07) is 8.39. The number of benzene rings is 2. The summed E-state index contributed by atoms with van der Waals surface area (Å²) in [5.74, 6) is 0.407. The van der Waals surface area contributed by atoms with Gasteiger partial charge in [0.05, 0.1) is 31.2 Å². The Morgan fingerprint density at radius 2 is 1.75 bits per heavy atom. The number of hydrogen-bond donors (Lipinski definition) is 2. The summed E-state index contributed by atoms with van der Waals surface area (Å²) < 4.78 is 53.5. The normalized spacial score (nSPS) is 12.8. The fourth-order valence-electron chi connectivity index (χ4n) is 4.30.